The van der Waals surface area contributed by atoms with Gasteiger partial charge >= 0.3 is 0 Å². The summed E-state index contributed by atoms with van der Waals surface area (Å²) in [6, 6.07) is 5.03. The Hall–Kier alpha value is -0.380. The van der Waals surface area contributed by atoms with E-state index in [9.17, 15) is 0 Å². The molecule has 1 aliphatic rings. The maximum absolute atomic E-state index is 9.07. The van der Waals surface area contributed by atoms with Crippen LogP contribution in [-0.2, 0) is 6.42 Å². The quantitative estimate of drug-likeness (QED) is 0.820. The number of hydrogen-bond acceptors (Lipinski definition) is 3. The van der Waals surface area contributed by atoms with E-state index in [-0.39, 0.29) is 0 Å². The monoisotopic (exact) mass is 267 g/mol. The normalized spacial score (nSPS) is 22.4. The molecule has 1 aromatic rings. The van der Waals surface area contributed by atoms with Crippen molar-refractivity contribution in [3.8, 4) is 0 Å². The molecule has 1 fully saturated rings. The number of rotatable bonds is 7. The first-order chi connectivity index (χ1) is 8.79. The highest BCUT2D eigenvalue weighted by Crippen LogP contribution is 2.22. The lowest BCUT2D eigenvalue weighted by atomic mass is 10.0. The van der Waals surface area contributed by atoms with Gasteiger partial charge in [0.1, 0.15) is 0 Å². The molecule has 0 bridgehead atoms. The zero-order chi connectivity index (χ0) is 12.8. The minimum atomic E-state index is 0.339. The summed E-state index contributed by atoms with van der Waals surface area (Å²) in [5, 5.41) is 11.2. The zero-order valence-corrected chi connectivity index (χ0v) is 12.2. The lowest BCUT2D eigenvalue weighted by molar-refractivity contribution is 0.187. The number of thiophene rings is 1. The molecular weight excluding hydrogens is 242 g/mol. The molecular formula is C15H25NOS. The van der Waals surface area contributed by atoms with Gasteiger partial charge in [-0.2, -0.15) is 0 Å². The molecule has 0 spiro atoms. The van der Waals surface area contributed by atoms with Crippen LogP contribution in [0.5, 0.6) is 0 Å². The third-order valence-electron chi connectivity index (χ3n) is 4.00. The second kappa shape index (κ2) is 7.27. The Labute approximate surface area is 115 Å². The predicted molar refractivity (Wildman–Crippen MR) is 78.1 cm³/mol. The third-order valence-corrected chi connectivity index (χ3v) is 4.90. The Balaban J connectivity index is 1.70. The first-order valence-electron chi connectivity index (χ1n) is 7.17. The maximum Gasteiger partial charge on any atom is 0.0445 e. The zero-order valence-electron chi connectivity index (χ0n) is 11.3. The maximum atomic E-state index is 9.07. The second-order valence-corrected chi connectivity index (χ2v) is 6.55. The molecule has 2 heterocycles. The number of aliphatic hydroxyl groups is 1. The van der Waals surface area contributed by atoms with Crippen molar-refractivity contribution in [2.75, 3.05) is 19.7 Å². The lowest BCUT2D eigenvalue weighted by Gasteiger charge is -2.25. The minimum absolute atomic E-state index is 0.339. The molecule has 2 unspecified atom stereocenters. The fraction of sp³-hybridized carbons (Fsp3) is 0.733. The van der Waals surface area contributed by atoms with Gasteiger partial charge in [0, 0.05) is 17.5 Å². The van der Waals surface area contributed by atoms with Crippen molar-refractivity contribution in [2.24, 2.45) is 5.92 Å². The van der Waals surface area contributed by atoms with Gasteiger partial charge in [0.2, 0.25) is 0 Å². The Morgan fingerprint density at radius 1 is 1.56 bits per heavy atom. The van der Waals surface area contributed by atoms with Crippen LogP contribution in [0, 0.1) is 5.92 Å². The van der Waals surface area contributed by atoms with Crippen LogP contribution >= 0.6 is 11.3 Å². The average molecular weight is 267 g/mol. The Kier molecular flexibility index (Phi) is 5.67. The largest absolute Gasteiger partial charge is 0.396 e. The highest BCUT2D eigenvalue weighted by molar-refractivity contribution is 7.09. The van der Waals surface area contributed by atoms with Crippen molar-refractivity contribution in [1.82, 2.24) is 4.90 Å². The van der Waals surface area contributed by atoms with E-state index in [0.29, 0.717) is 12.6 Å². The van der Waals surface area contributed by atoms with Crippen molar-refractivity contribution in [1.29, 1.82) is 0 Å². The molecule has 1 aliphatic heterocycles. The molecule has 18 heavy (non-hydrogen) atoms. The summed E-state index contributed by atoms with van der Waals surface area (Å²) >= 11 is 1.87. The molecule has 1 aromatic heterocycles. The van der Waals surface area contributed by atoms with Crippen molar-refractivity contribution < 1.29 is 5.11 Å². The van der Waals surface area contributed by atoms with E-state index in [1.807, 2.05) is 11.3 Å². The minimum Gasteiger partial charge on any atom is -0.396 e. The van der Waals surface area contributed by atoms with Gasteiger partial charge in [0.05, 0.1) is 0 Å². The van der Waals surface area contributed by atoms with E-state index in [0.717, 1.165) is 12.3 Å². The van der Waals surface area contributed by atoms with Gasteiger partial charge in [-0.25, -0.2) is 0 Å². The molecule has 1 N–H and O–H groups in total. The first-order valence-corrected chi connectivity index (χ1v) is 8.05. The van der Waals surface area contributed by atoms with Crippen molar-refractivity contribution in [2.45, 2.75) is 45.1 Å². The summed E-state index contributed by atoms with van der Waals surface area (Å²) in [5.41, 5.74) is 0. The fourth-order valence-corrected chi connectivity index (χ4v) is 3.80. The van der Waals surface area contributed by atoms with Crippen molar-refractivity contribution in [3.63, 3.8) is 0 Å². The van der Waals surface area contributed by atoms with Crippen LogP contribution in [-0.4, -0.2) is 35.7 Å². The standard InChI is InChI=1S/C15H25NOS/c1-13(12-15-5-3-11-18-15)6-9-16-8-2-4-14(16)7-10-17/h3,5,11,13-14,17H,2,4,6-10,12H2,1H3. The Morgan fingerprint density at radius 3 is 3.17 bits per heavy atom. The van der Waals surface area contributed by atoms with Crippen LogP contribution < -0.4 is 0 Å². The molecule has 0 aliphatic carbocycles. The Bertz CT molecular complexity index is 325. The molecule has 1 saturated heterocycles. The molecule has 0 saturated carbocycles. The predicted octanol–water partition coefficient (Wildman–Crippen LogP) is 3.16. The van der Waals surface area contributed by atoms with E-state index in [2.05, 4.69) is 29.3 Å². The summed E-state index contributed by atoms with van der Waals surface area (Å²) < 4.78 is 0. The van der Waals surface area contributed by atoms with E-state index in [4.69, 9.17) is 5.11 Å². The second-order valence-electron chi connectivity index (χ2n) is 5.52. The summed E-state index contributed by atoms with van der Waals surface area (Å²) in [6.45, 7) is 5.14. The van der Waals surface area contributed by atoms with Crippen LogP contribution in [0.3, 0.4) is 0 Å². The van der Waals surface area contributed by atoms with Crippen molar-refractivity contribution in [3.05, 3.63) is 22.4 Å². The summed E-state index contributed by atoms with van der Waals surface area (Å²) in [5.74, 6) is 0.763. The highest BCUT2D eigenvalue weighted by Gasteiger charge is 2.23. The van der Waals surface area contributed by atoms with Crippen LogP contribution in [0.1, 0.15) is 37.5 Å². The highest BCUT2D eigenvalue weighted by atomic mass is 32.1. The van der Waals surface area contributed by atoms with Gasteiger partial charge in [0.15, 0.2) is 0 Å². The first kappa shape index (κ1) is 14.0. The SMILES string of the molecule is CC(CCN1CCCC1CCO)Cc1cccs1. The lowest BCUT2D eigenvalue weighted by Crippen LogP contribution is -2.32. The van der Waals surface area contributed by atoms with Gasteiger partial charge in [-0.15, -0.1) is 11.3 Å². The number of hydrogen-bond donors (Lipinski definition) is 1. The van der Waals surface area contributed by atoms with E-state index in [1.165, 1.54) is 43.6 Å². The number of aliphatic hydroxyl groups excluding tert-OH is 1. The van der Waals surface area contributed by atoms with Gasteiger partial charge in [-0.3, -0.25) is 0 Å². The molecule has 2 nitrogen and oxygen atoms in total. The third kappa shape index (κ3) is 4.08. The topological polar surface area (TPSA) is 23.5 Å². The summed E-state index contributed by atoms with van der Waals surface area (Å²) in [7, 11) is 0. The van der Waals surface area contributed by atoms with E-state index >= 15 is 0 Å². The molecule has 0 radical (unpaired) electrons. The van der Waals surface area contributed by atoms with Gasteiger partial charge < -0.3 is 10.0 Å². The average Bonchev–Trinajstić information content (AvgIpc) is 2.99. The molecule has 2 rings (SSSR count). The van der Waals surface area contributed by atoms with Crippen LogP contribution in [0.4, 0.5) is 0 Å². The molecule has 0 amide bonds. The van der Waals surface area contributed by atoms with E-state index < -0.39 is 0 Å². The molecule has 102 valence electrons. The molecule has 2 atom stereocenters. The van der Waals surface area contributed by atoms with Crippen LogP contribution in [0.2, 0.25) is 0 Å². The van der Waals surface area contributed by atoms with Gasteiger partial charge in [-0.05, 0) is 62.6 Å². The fourth-order valence-electron chi connectivity index (χ4n) is 2.93. The molecule has 0 aromatic carbocycles. The van der Waals surface area contributed by atoms with E-state index in [1.54, 1.807) is 0 Å². The van der Waals surface area contributed by atoms with Gasteiger partial charge in [-0.1, -0.05) is 13.0 Å². The number of likely N-dealkylation sites (tertiary alicyclic amines) is 1. The molecule has 3 heteroatoms. The smallest absolute Gasteiger partial charge is 0.0445 e. The number of nitrogens with zero attached hydrogens (tertiary/aromatic N) is 1. The van der Waals surface area contributed by atoms with Crippen molar-refractivity contribution >= 4 is 11.3 Å². The van der Waals surface area contributed by atoms with Crippen LogP contribution in [0.15, 0.2) is 17.5 Å². The van der Waals surface area contributed by atoms with Crippen LogP contribution in [0.25, 0.3) is 0 Å². The van der Waals surface area contributed by atoms with Gasteiger partial charge in [0.25, 0.3) is 0 Å². The Morgan fingerprint density at radius 2 is 2.44 bits per heavy atom. The summed E-state index contributed by atoms with van der Waals surface area (Å²) in [6.07, 6.45) is 6.04. The summed E-state index contributed by atoms with van der Waals surface area (Å²) in [4.78, 5) is 4.09.